The van der Waals surface area contributed by atoms with Gasteiger partial charge < -0.3 is 0 Å². The van der Waals surface area contributed by atoms with Crippen LogP contribution >= 0.6 is 0 Å². The fourth-order valence-electron chi connectivity index (χ4n) is 1.36. The van der Waals surface area contributed by atoms with Gasteiger partial charge in [-0.05, 0) is 31.1 Å². The molecule has 0 amide bonds. The summed E-state index contributed by atoms with van der Waals surface area (Å²) in [6.07, 6.45) is 14.5. The third-order valence-electron chi connectivity index (χ3n) is 2.19. The van der Waals surface area contributed by atoms with Crippen molar-refractivity contribution in [1.29, 1.82) is 0 Å². The molecule has 1 aromatic rings. The van der Waals surface area contributed by atoms with Crippen molar-refractivity contribution in [3.63, 3.8) is 0 Å². The van der Waals surface area contributed by atoms with Crippen molar-refractivity contribution in [2.75, 3.05) is 0 Å². The van der Waals surface area contributed by atoms with Crippen LogP contribution in [0, 0.1) is 0 Å². The van der Waals surface area contributed by atoms with Gasteiger partial charge in [0.15, 0.2) is 0 Å². The van der Waals surface area contributed by atoms with Crippen molar-refractivity contribution in [1.82, 2.24) is 4.98 Å². The van der Waals surface area contributed by atoms with Crippen LogP contribution in [-0.2, 0) is 0 Å². The maximum atomic E-state index is 4.37. The summed E-state index contributed by atoms with van der Waals surface area (Å²) in [6.45, 7) is 4.20. The van der Waals surface area contributed by atoms with Crippen LogP contribution in [0.5, 0.6) is 0 Å². The molecule has 0 aliphatic rings. The Bertz CT molecular complexity index is 372. The summed E-state index contributed by atoms with van der Waals surface area (Å²) >= 11 is 0. The molecule has 1 nitrogen and oxygen atoms in total. The second kappa shape index (κ2) is 7.63. The van der Waals surface area contributed by atoms with Gasteiger partial charge >= 0.3 is 0 Å². The van der Waals surface area contributed by atoms with E-state index in [4.69, 9.17) is 0 Å². The topological polar surface area (TPSA) is 12.9 Å². The van der Waals surface area contributed by atoms with Crippen LogP contribution in [0.15, 0.2) is 54.8 Å². The summed E-state index contributed by atoms with van der Waals surface area (Å²) in [7, 11) is 0. The molecule has 0 spiro atoms. The van der Waals surface area contributed by atoms with Crippen molar-refractivity contribution in [2.24, 2.45) is 0 Å². The molecule has 0 fully saturated rings. The standard InChI is InChI=1S/C15H19N/c1-3-5-7-11-14(10-6-4-2)15-12-8-9-13-16-15/h3,5,7-13H,4,6H2,1-2H3/b5-3-,11-7-,14-10-. The van der Waals surface area contributed by atoms with E-state index in [9.17, 15) is 0 Å². The second-order valence-corrected chi connectivity index (χ2v) is 3.55. The average Bonchev–Trinajstić information content (AvgIpc) is 2.35. The molecule has 0 atom stereocenters. The highest BCUT2D eigenvalue weighted by Crippen LogP contribution is 2.14. The van der Waals surface area contributed by atoms with E-state index in [0.29, 0.717) is 0 Å². The Morgan fingerprint density at radius 2 is 2.19 bits per heavy atom. The summed E-state index contributed by atoms with van der Waals surface area (Å²) < 4.78 is 0. The lowest BCUT2D eigenvalue weighted by atomic mass is 10.1. The number of nitrogens with zero attached hydrogens (tertiary/aromatic N) is 1. The first-order valence-electron chi connectivity index (χ1n) is 5.79. The number of hydrogen-bond donors (Lipinski definition) is 0. The molecular weight excluding hydrogens is 194 g/mol. The SMILES string of the molecule is C\C=C/C=C\C(=C\CCC)c1ccccn1. The van der Waals surface area contributed by atoms with Gasteiger partial charge in [0.05, 0.1) is 5.69 Å². The Kier molecular flexibility index (Phi) is 5.94. The van der Waals surface area contributed by atoms with E-state index < -0.39 is 0 Å². The molecule has 1 aromatic heterocycles. The molecule has 16 heavy (non-hydrogen) atoms. The van der Waals surface area contributed by atoms with Gasteiger partial charge in [0.25, 0.3) is 0 Å². The molecule has 0 radical (unpaired) electrons. The number of aromatic nitrogens is 1. The predicted molar refractivity (Wildman–Crippen MR) is 71.1 cm³/mol. The Labute approximate surface area is 98.2 Å². The first-order chi connectivity index (χ1) is 7.88. The molecule has 0 aliphatic heterocycles. The third kappa shape index (κ3) is 4.26. The Morgan fingerprint density at radius 1 is 1.31 bits per heavy atom. The maximum absolute atomic E-state index is 4.37. The highest BCUT2D eigenvalue weighted by Gasteiger charge is 1.96. The quantitative estimate of drug-likeness (QED) is 0.661. The van der Waals surface area contributed by atoms with Crippen LogP contribution in [0.4, 0.5) is 0 Å². The van der Waals surface area contributed by atoms with Gasteiger partial charge in [-0.15, -0.1) is 0 Å². The smallest absolute Gasteiger partial charge is 0.0698 e. The number of rotatable bonds is 5. The zero-order valence-electron chi connectivity index (χ0n) is 10.1. The minimum atomic E-state index is 1.04. The molecule has 84 valence electrons. The maximum Gasteiger partial charge on any atom is 0.0698 e. The summed E-state index contributed by atoms with van der Waals surface area (Å²) in [6, 6.07) is 6.00. The fraction of sp³-hybridized carbons (Fsp3) is 0.267. The summed E-state index contributed by atoms with van der Waals surface area (Å²) in [5.74, 6) is 0. The van der Waals surface area contributed by atoms with E-state index in [1.54, 1.807) is 0 Å². The van der Waals surface area contributed by atoms with Gasteiger partial charge in [-0.2, -0.15) is 0 Å². The largest absolute Gasteiger partial charge is 0.256 e. The Balaban J connectivity index is 2.88. The molecular formula is C15H19N. The molecule has 0 saturated carbocycles. The lowest BCUT2D eigenvalue weighted by Gasteiger charge is -2.00. The number of unbranched alkanes of at least 4 members (excludes halogenated alkanes) is 1. The van der Waals surface area contributed by atoms with Crippen molar-refractivity contribution < 1.29 is 0 Å². The van der Waals surface area contributed by atoms with Gasteiger partial charge in [-0.25, -0.2) is 0 Å². The molecule has 0 bridgehead atoms. The van der Waals surface area contributed by atoms with Crippen LogP contribution in [0.3, 0.4) is 0 Å². The third-order valence-corrected chi connectivity index (χ3v) is 2.19. The van der Waals surface area contributed by atoms with E-state index in [1.807, 2.05) is 43.5 Å². The van der Waals surface area contributed by atoms with E-state index in [0.717, 1.165) is 18.5 Å². The first kappa shape index (κ1) is 12.4. The number of pyridine rings is 1. The number of hydrogen-bond acceptors (Lipinski definition) is 1. The first-order valence-corrected chi connectivity index (χ1v) is 5.79. The Morgan fingerprint density at radius 3 is 2.81 bits per heavy atom. The van der Waals surface area contributed by atoms with Crippen molar-refractivity contribution in [3.8, 4) is 0 Å². The second-order valence-electron chi connectivity index (χ2n) is 3.55. The normalized spacial score (nSPS) is 12.8. The van der Waals surface area contributed by atoms with Crippen LogP contribution in [0.1, 0.15) is 32.4 Å². The molecule has 1 heterocycles. The minimum absolute atomic E-state index is 1.04. The molecule has 1 heteroatoms. The van der Waals surface area contributed by atoms with E-state index >= 15 is 0 Å². The molecule has 1 rings (SSSR count). The van der Waals surface area contributed by atoms with Crippen molar-refractivity contribution in [2.45, 2.75) is 26.7 Å². The number of allylic oxidation sites excluding steroid dienone is 6. The molecule has 0 aromatic carbocycles. The zero-order chi connectivity index (χ0) is 11.6. The van der Waals surface area contributed by atoms with E-state index in [2.05, 4.69) is 30.1 Å². The summed E-state index contributed by atoms with van der Waals surface area (Å²) in [5.41, 5.74) is 2.23. The van der Waals surface area contributed by atoms with Gasteiger partial charge in [-0.1, -0.05) is 49.8 Å². The molecule has 0 aliphatic carbocycles. The highest BCUT2D eigenvalue weighted by atomic mass is 14.7. The van der Waals surface area contributed by atoms with E-state index in [-0.39, 0.29) is 0 Å². The van der Waals surface area contributed by atoms with Crippen molar-refractivity contribution in [3.05, 3.63) is 60.5 Å². The van der Waals surface area contributed by atoms with Crippen LogP contribution in [-0.4, -0.2) is 4.98 Å². The highest BCUT2D eigenvalue weighted by molar-refractivity contribution is 5.71. The zero-order valence-corrected chi connectivity index (χ0v) is 10.1. The lowest BCUT2D eigenvalue weighted by molar-refractivity contribution is 0.959. The van der Waals surface area contributed by atoms with Gasteiger partial charge in [-0.3, -0.25) is 4.98 Å². The average molecular weight is 213 g/mol. The lowest BCUT2D eigenvalue weighted by Crippen LogP contribution is -1.85. The van der Waals surface area contributed by atoms with E-state index in [1.165, 1.54) is 5.57 Å². The minimum Gasteiger partial charge on any atom is -0.256 e. The van der Waals surface area contributed by atoms with Gasteiger partial charge in [0, 0.05) is 6.20 Å². The van der Waals surface area contributed by atoms with Crippen LogP contribution < -0.4 is 0 Å². The predicted octanol–water partition coefficient (Wildman–Crippen LogP) is 4.40. The van der Waals surface area contributed by atoms with Crippen LogP contribution in [0.2, 0.25) is 0 Å². The summed E-state index contributed by atoms with van der Waals surface area (Å²) in [4.78, 5) is 4.37. The van der Waals surface area contributed by atoms with Crippen molar-refractivity contribution >= 4 is 5.57 Å². The van der Waals surface area contributed by atoms with Gasteiger partial charge in [0.2, 0.25) is 0 Å². The van der Waals surface area contributed by atoms with Gasteiger partial charge in [0.1, 0.15) is 0 Å². The molecule has 0 saturated heterocycles. The monoisotopic (exact) mass is 213 g/mol. The van der Waals surface area contributed by atoms with Crippen LogP contribution in [0.25, 0.3) is 5.57 Å². The molecule has 0 N–H and O–H groups in total. The molecule has 0 unspecified atom stereocenters. The summed E-state index contributed by atoms with van der Waals surface area (Å²) in [5, 5.41) is 0. The Hall–Kier alpha value is -1.63. The fourth-order valence-corrected chi connectivity index (χ4v) is 1.36.